The number of ketones is 1. The van der Waals surface area contributed by atoms with Crippen LogP contribution in [-0.2, 0) is 16.8 Å². The first-order chi connectivity index (χ1) is 9.60. The maximum atomic E-state index is 12.6. The van der Waals surface area contributed by atoms with Crippen LogP contribution in [0.25, 0.3) is 10.4 Å². The Balaban J connectivity index is 2.25. The summed E-state index contributed by atoms with van der Waals surface area (Å²) in [5, 5.41) is 3.85. The summed E-state index contributed by atoms with van der Waals surface area (Å²) in [6, 6.07) is 3.47. The maximum absolute atomic E-state index is 12.6. The number of fused-ring (bicyclic) bond motifs is 4. The van der Waals surface area contributed by atoms with E-state index in [2.05, 4.69) is 21.6 Å². The maximum Gasteiger partial charge on any atom is 0.213 e. The van der Waals surface area contributed by atoms with E-state index >= 15 is 0 Å². The van der Waals surface area contributed by atoms with Crippen LogP contribution in [0.3, 0.4) is 0 Å². The first-order valence-corrected chi connectivity index (χ1v) is 6.42. The van der Waals surface area contributed by atoms with Gasteiger partial charge in [-0.3, -0.25) is 4.79 Å². The highest BCUT2D eigenvalue weighted by Gasteiger charge is 2.51. The van der Waals surface area contributed by atoms with Crippen LogP contribution in [0, 0.1) is 5.92 Å². The molecule has 6 nitrogen and oxygen atoms in total. The summed E-state index contributed by atoms with van der Waals surface area (Å²) < 4.78 is 5.13. The highest BCUT2D eigenvalue weighted by atomic mass is 16.5. The second-order valence-electron chi connectivity index (χ2n) is 5.29. The van der Waals surface area contributed by atoms with Crippen LogP contribution >= 0.6 is 0 Å². The lowest BCUT2D eigenvalue weighted by atomic mass is 9.64. The van der Waals surface area contributed by atoms with Crippen molar-refractivity contribution in [2.24, 2.45) is 11.0 Å². The molecule has 6 heteroatoms. The van der Waals surface area contributed by atoms with E-state index in [9.17, 15) is 4.79 Å². The molecular formula is C14H14N4O2. The molecule has 0 aromatic carbocycles. The molecule has 0 amide bonds. The fourth-order valence-electron chi connectivity index (χ4n) is 3.27. The number of hydrogen-bond donors (Lipinski definition) is 0. The number of ether oxygens (including phenoxy) is 1. The van der Waals surface area contributed by atoms with Gasteiger partial charge >= 0.3 is 0 Å². The summed E-state index contributed by atoms with van der Waals surface area (Å²) in [7, 11) is 1.55. The molecule has 2 aliphatic rings. The molecule has 20 heavy (non-hydrogen) atoms. The lowest BCUT2D eigenvalue weighted by molar-refractivity contribution is -0.130. The van der Waals surface area contributed by atoms with E-state index in [-0.39, 0.29) is 11.7 Å². The normalized spacial score (nSPS) is 27.6. The van der Waals surface area contributed by atoms with Crippen molar-refractivity contribution in [3.63, 3.8) is 0 Å². The molecule has 0 N–H and O–H groups in total. The van der Waals surface area contributed by atoms with E-state index in [1.807, 2.05) is 0 Å². The van der Waals surface area contributed by atoms with Crippen molar-refractivity contribution in [3.8, 4) is 5.88 Å². The van der Waals surface area contributed by atoms with E-state index in [1.54, 1.807) is 19.2 Å². The first kappa shape index (κ1) is 12.7. The third-order valence-corrected chi connectivity index (χ3v) is 4.08. The monoisotopic (exact) mass is 270 g/mol. The number of Topliss-reactive ketones (excluding diaryl/α,β-unsaturated/α-hetero) is 1. The zero-order valence-electron chi connectivity index (χ0n) is 11.2. The summed E-state index contributed by atoms with van der Waals surface area (Å²) in [5.41, 5.74) is 10.1. The van der Waals surface area contributed by atoms with Crippen molar-refractivity contribution in [1.82, 2.24) is 4.98 Å². The Kier molecular flexibility index (Phi) is 2.76. The summed E-state index contributed by atoms with van der Waals surface area (Å²) in [6.07, 6.45) is 1.56. The van der Waals surface area contributed by atoms with Gasteiger partial charge < -0.3 is 4.74 Å². The van der Waals surface area contributed by atoms with E-state index in [0.717, 1.165) is 11.3 Å². The van der Waals surface area contributed by atoms with Crippen LogP contribution in [0.2, 0.25) is 0 Å². The smallest absolute Gasteiger partial charge is 0.213 e. The molecule has 1 aromatic rings. The molecule has 0 saturated heterocycles. The second kappa shape index (κ2) is 4.35. The molecule has 2 atom stereocenters. The number of methoxy groups -OCH3 is 1. The van der Waals surface area contributed by atoms with Gasteiger partial charge in [0.25, 0.3) is 0 Å². The Bertz CT molecular complexity index is 663. The minimum Gasteiger partial charge on any atom is -0.481 e. The predicted molar refractivity (Wildman–Crippen MR) is 72.2 cm³/mol. The molecule has 3 rings (SSSR count). The largest absolute Gasteiger partial charge is 0.481 e. The number of carbonyl (C=O) groups is 1. The van der Waals surface area contributed by atoms with Crippen LogP contribution in [0.15, 0.2) is 29.4 Å². The molecule has 1 heterocycles. The van der Waals surface area contributed by atoms with E-state index in [0.29, 0.717) is 30.7 Å². The molecule has 1 fully saturated rings. The molecular weight excluding hydrogens is 256 g/mol. The Morgan fingerprint density at radius 1 is 1.55 bits per heavy atom. The molecule has 0 spiro atoms. The van der Waals surface area contributed by atoms with Crippen molar-refractivity contribution in [2.45, 2.75) is 24.8 Å². The molecule has 0 radical (unpaired) electrons. The number of nitrogens with zero attached hydrogens (tertiary/aromatic N) is 4. The van der Waals surface area contributed by atoms with Gasteiger partial charge in [0, 0.05) is 29.0 Å². The molecule has 2 aliphatic carbocycles. The molecule has 0 aliphatic heterocycles. The quantitative estimate of drug-likeness (QED) is 0.358. The van der Waals surface area contributed by atoms with Gasteiger partial charge in [0.15, 0.2) is 5.78 Å². The average Bonchev–Trinajstić information content (AvgIpc) is 2.42. The van der Waals surface area contributed by atoms with Crippen LogP contribution in [0.5, 0.6) is 5.88 Å². The highest BCUT2D eigenvalue weighted by Crippen LogP contribution is 2.48. The highest BCUT2D eigenvalue weighted by molar-refractivity contribution is 5.95. The van der Waals surface area contributed by atoms with Gasteiger partial charge in [-0.15, -0.1) is 0 Å². The second-order valence-corrected chi connectivity index (χ2v) is 5.29. The van der Waals surface area contributed by atoms with Crippen LogP contribution in [0.1, 0.15) is 24.1 Å². The summed E-state index contributed by atoms with van der Waals surface area (Å²) in [6.45, 7) is 3.98. The Hall–Kier alpha value is -2.33. The lowest BCUT2D eigenvalue weighted by Crippen LogP contribution is -2.47. The van der Waals surface area contributed by atoms with Gasteiger partial charge in [0.1, 0.15) is 5.54 Å². The molecule has 2 unspecified atom stereocenters. The number of hydrogen-bond acceptors (Lipinski definition) is 4. The number of carbonyl (C=O) groups excluding carboxylic acids is 1. The minimum atomic E-state index is -1.17. The van der Waals surface area contributed by atoms with Crippen LogP contribution in [0.4, 0.5) is 0 Å². The fourth-order valence-corrected chi connectivity index (χ4v) is 3.27. The molecule has 1 saturated carbocycles. The number of pyridine rings is 1. The Morgan fingerprint density at radius 3 is 3.05 bits per heavy atom. The number of rotatable bonds is 2. The van der Waals surface area contributed by atoms with E-state index in [4.69, 9.17) is 10.3 Å². The summed E-state index contributed by atoms with van der Waals surface area (Å²) >= 11 is 0. The van der Waals surface area contributed by atoms with Gasteiger partial charge in [0.05, 0.1) is 7.11 Å². The zero-order chi connectivity index (χ0) is 14.3. The van der Waals surface area contributed by atoms with Crippen LogP contribution < -0.4 is 4.74 Å². The minimum absolute atomic E-state index is 0.0119. The molecule has 1 aromatic heterocycles. The van der Waals surface area contributed by atoms with Crippen molar-refractivity contribution in [3.05, 3.63) is 46.0 Å². The SMILES string of the molecule is C=C1CC2Cc3nc(OC)ccc3C(N=[N+]=[N-])(C1)C2=O. The van der Waals surface area contributed by atoms with E-state index in [1.165, 1.54) is 0 Å². The Labute approximate surface area is 116 Å². The topological polar surface area (TPSA) is 88.0 Å². The van der Waals surface area contributed by atoms with Crippen molar-refractivity contribution >= 4 is 5.78 Å². The van der Waals surface area contributed by atoms with Crippen molar-refractivity contribution in [2.75, 3.05) is 7.11 Å². The van der Waals surface area contributed by atoms with Gasteiger partial charge in [-0.05, 0) is 23.9 Å². The average molecular weight is 270 g/mol. The molecule has 2 bridgehead atoms. The third kappa shape index (κ3) is 1.62. The predicted octanol–water partition coefficient (Wildman–Crippen LogP) is 2.69. The first-order valence-electron chi connectivity index (χ1n) is 6.42. The van der Waals surface area contributed by atoms with Gasteiger partial charge in [-0.25, -0.2) is 4.98 Å². The van der Waals surface area contributed by atoms with Crippen molar-refractivity contribution in [1.29, 1.82) is 0 Å². The van der Waals surface area contributed by atoms with Crippen molar-refractivity contribution < 1.29 is 9.53 Å². The van der Waals surface area contributed by atoms with Gasteiger partial charge in [0.2, 0.25) is 5.88 Å². The zero-order valence-corrected chi connectivity index (χ0v) is 11.2. The van der Waals surface area contributed by atoms with Gasteiger partial charge in [-0.1, -0.05) is 23.3 Å². The standard InChI is InChI=1S/C14H14N4O2/c1-8-5-9-6-11-10(3-4-12(16-11)20-2)14(7-8,13(9)19)17-18-15/h3-4,9H,1,5-7H2,2H3. The van der Waals surface area contributed by atoms with Gasteiger partial charge in [-0.2, -0.15) is 0 Å². The van der Waals surface area contributed by atoms with E-state index < -0.39 is 5.54 Å². The fraction of sp³-hybridized carbons (Fsp3) is 0.429. The number of aromatic nitrogens is 1. The summed E-state index contributed by atoms with van der Waals surface area (Å²) in [5.74, 6) is 0.294. The Morgan fingerprint density at radius 2 is 2.35 bits per heavy atom. The van der Waals surface area contributed by atoms with Crippen LogP contribution in [-0.4, -0.2) is 17.9 Å². The summed E-state index contributed by atoms with van der Waals surface area (Å²) in [4.78, 5) is 19.9. The lowest BCUT2D eigenvalue weighted by Gasteiger charge is -2.42. The third-order valence-electron chi connectivity index (χ3n) is 4.08. The molecule has 102 valence electrons. The number of azide groups is 1.